The number of thiazole rings is 1. The Morgan fingerprint density at radius 2 is 2.04 bits per heavy atom. The molecule has 138 valence electrons. The lowest BCUT2D eigenvalue weighted by Gasteiger charge is -2.22. The maximum absolute atomic E-state index is 12.8. The number of hydrogen-bond acceptors (Lipinski definition) is 5. The molecule has 1 N–H and O–H groups in total. The number of amides is 1. The van der Waals surface area contributed by atoms with Crippen LogP contribution in [0.2, 0.25) is 0 Å². The topological polar surface area (TPSA) is 81.3 Å². The fourth-order valence-corrected chi connectivity index (χ4v) is 3.85. The summed E-state index contributed by atoms with van der Waals surface area (Å²) in [5.74, 6) is 0.396. The molecule has 1 amide bonds. The molecule has 0 bridgehead atoms. The number of aromatic nitrogens is 4. The van der Waals surface area contributed by atoms with Crippen molar-refractivity contribution in [3.8, 4) is 0 Å². The number of carbonyl (C=O) groups is 1. The highest BCUT2D eigenvalue weighted by atomic mass is 32.1. The Morgan fingerprint density at radius 3 is 2.78 bits per heavy atom. The highest BCUT2D eigenvalue weighted by Gasteiger charge is 2.25. The monoisotopic (exact) mass is 381 g/mol. The first-order valence-corrected chi connectivity index (χ1v) is 9.52. The number of rotatable bonds is 4. The summed E-state index contributed by atoms with van der Waals surface area (Å²) >= 11 is 1.35. The molecule has 3 aromatic heterocycles. The fraction of sp³-hybridized carbons (Fsp3) is 0.263. The van der Waals surface area contributed by atoms with Crippen LogP contribution in [0.3, 0.4) is 0 Å². The van der Waals surface area contributed by atoms with Crippen molar-refractivity contribution in [1.82, 2.24) is 24.3 Å². The van der Waals surface area contributed by atoms with Crippen LogP contribution in [0.4, 0.5) is 0 Å². The molecule has 7 nitrogen and oxygen atoms in total. The van der Waals surface area contributed by atoms with Gasteiger partial charge in [-0.15, -0.1) is 11.3 Å². The Balaban J connectivity index is 1.72. The lowest BCUT2D eigenvalue weighted by atomic mass is 10.0. The van der Waals surface area contributed by atoms with E-state index in [0.717, 1.165) is 16.9 Å². The van der Waals surface area contributed by atoms with Gasteiger partial charge in [-0.3, -0.25) is 14.0 Å². The zero-order valence-corrected chi connectivity index (χ0v) is 16.0. The molecule has 4 aromatic rings. The predicted octanol–water partition coefficient (Wildman–Crippen LogP) is 2.77. The summed E-state index contributed by atoms with van der Waals surface area (Å²) in [7, 11) is 1.93. The van der Waals surface area contributed by atoms with E-state index in [9.17, 15) is 9.59 Å². The van der Waals surface area contributed by atoms with Crippen LogP contribution in [0.1, 0.15) is 36.1 Å². The molecule has 0 fully saturated rings. The van der Waals surface area contributed by atoms with E-state index in [2.05, 4.69) is 10.3 Å². The maximum atomic E-state index is 12.8. The molecule has 0 unspecified atom stereocenters. The van der Waals surface area contributed by atoms with Gasteiger partial charge in [0, 0.05) is 24.8 Å². The molecule has 0 radical (unpaired) electrons. The molecule has 0 spiro atoms. The Morgan fingerprint density at radius 1 is 1.26 bits per heavy atom. The summed E-state index contributed by atoms with van der Waals surface area (Å²) in [5, 5.41) is 4.74. The summed E-state index contributed by atoms with van der Waals surface area (Å²) in [5.41, 5.74) is 1.52. The molecule has 27 heavy (non-hydrogen) atoms. The van der Waals surface area contributed by atoms with E-state index >= 15 is 0 Å². The van der Waals surface area contributed by atoms with Crippen LogP contribution in [0.15, 0.2) is 46.8 Å². The van der Waals surface area contributed by atoms with Gasteiger partial charge in [0.2, 0.25) is 0 Å². The standard InChI is InChI=1S/C19H19N5O2S/c1-11(2)15(16-21-13-6-4-5-7-14(13)23(16)3)22-17(25)12-10-20-19-24(18(12)26)8-9-27-19/h4-11,15H,1-3H3,(H,22,25)/t15-/m1/s1. The van der Waals surface area contributed by atoms with Crippen LogP contribution in [0.25, 0.3) is 16.0 Å². The van der Waals surface area contributed by atoms with Crippen LogP contribution >= 0.6 is 11.3 Å². The minimum Gasteiger partial charge on any atom is -0.342 e. The van der Waals surface area contributed by atoms with Gasteiger partial charge in [0.15, 0.2) is 4.96 Å². The number of carbonyl (C=O) groups excluding carboxylic acids is 1. The van der Waals surface area contributed by atoms with Crippen molar-refractivity contribution in [2.75, 3.05) is 0 Å². The minimum absolute atomic E-state index is 0.0234. The molecule has 4 rings (SSSR count). The second-order valence-electron chi connectivity index (χ2n) is 6.75. The Labute approximate surface area is 159 Å². The van der Waals surface area contributed by atoms with Crippen LogP contribution in [0.5, 0.6) is 0 Å². The van der Waals surface area contributed by atoms with Crippen LogP contribution in [0, 0.1) is 5.92 Å². The third-order valence-electron chi connectivity index (χ3n) is 4.64. The van der Waals surface area contributed by atoms with Gasteiger partial charge >= 0.3 is 0 Å². The number of hydrogen-bond donors (Lipinski definition) is 1. The molecule has 1 aromatic carbocycles. The number of para-hydroxylation sites is 2. The normalized spacial score (nSPS) is 12.7. The number of nitrogens with zero attached hydrogens (tertiary/aromatic N) is 4. The smallest absolute Gasteiger partial charge is 0.271 e. The summed E-state index contributed by atoms with van der Waals surface area (Å²) in [4.78, 5) is 34.9. The molecule has 0 saturated carbocycles. The molecule has 3 heterocycles. The fourth-order valence-electron chi connectivity index (χ4n) is 3.17. The average Bonchev–Trinajstić information content (AvgIpc) is 3.25. The number of fused-ring (bicyclic) bond motifs is 2. The first-order chi connectivity index (χ1) is 13.0. The highest BCUT2D eigenvalue weighted by Crippen LogP contribution is 2.25. The lowest BCUT2D eigenvalue weighted by molar-refractivity contribution is 0.0920. The average molecular weight is 381 g/mol. The third-order valence-corrected chi connectivity index (χ3v) is 5.41. The van der Waals surface area contributed by atoms with Crippen molar-refractivity contribution in [3.63, 3.8) is 0 Å². The Bertz CT molecular complexity index is 1200. The maximum Gasteiger partial charge on any atom is 0.271 e. The third kappa shape index (κ3) is 2.91. The molecule has 0 aliphatic rings. The quantitative estimate of drug-likeness (QED) is 0.589. The van der Waals surface area contributed by atoms with Gasteiger partial charge in [-0.05, 0) is 18.1 Å². The van der Waals surface area contributed by atoms with Crippen LogP contribution in [-0.4, -0.2) is 24.8 Å². The number of nitrogens with one attached hydrogen (secondary N) is 1. The van der Waals surface area contributed by atoms with Gasteiger partial charge in [0.25, 0.3) is 11.5 Å². The Kier molecular flexibility index (Phi) is 4.27. The Hall–Kier alpha value is -3.00. The molecule has 0 aliphatic heterocycles. The van der Waals surface area contributed by atoms with Crippen LogP contribution in [-0.2, 0) is 7.05 Å². The first-order valence-electron chi connectivity index (χ1n) is 8.64. The summed E-state index contributed by atoms with van der Waals surface area (Å²) < 4.78 is 3.37. The van der Waals surface area contributed by atoms with Gasteiger partial charge < -0.3 is 9.88 Å². The largest absolute Gasteiger partial charge is 0.342 e. The van der Waals surface area contributed by atoms with Crippen molar-refractivity contribution in [2.45, 2.75) is 19.9 Å². The van der Waals surface area contributed by atoms with Gasteiger partial charge in [-0.25, -0.2) is 9.97 Å². The number of imidazole rings is 1. The molecule has 8 heteroatoms. The van der Waals surface area contributed by atoms with E-state index in [4.69, 9.17) is 4.98 Å². The van der Waals surface area contributed by atoms with Crippen LogP contribution < -0.4 is 10.9 Å². The second-order valence-corrected chi connectivity index (χ2v) is 7.62. The van der Waals surface area contributed by atoms with Crippen molar-refractivity contribution >= 4 is 33.2 Å². The molecule has 0 saturated heterocycles. The number of benzene rings is 1. The van der Waals surface area contributed by atoms with E-state index in [-0.39, 0.29) is 23.1 Å². The van der Waals surface area contributed by atoms with E-state index in [1.54, 1.807) is 11.6 Å². The molecule has 1 atom stereocenters. The zero-order valence-electron chi connectivity index (χ0n) is 15.2. The van der Waals surface area contributed by atoms with Crippen molar-refractivity contribution in [2.24, 2.45) is 13.0 Å². The highest BCUT2D eigenvalue weighted by molar-refractivity contribution is 7.15. The summed E-state index contributed by atoms with van der Waals surface area (Å²) in [6.07, 6.45) is 2.97. The zero-order chi connectivity index (χ0) is 19.1. The van der Waals surface area contributed by atoms with E-state index in [1.165, 1.54) is 21.9 Å². The summed E-state index contributed by atoms with van der Waals surface area (Å²) in [6, 6.07) is 7.49. The van der Waals surface area contributed by atoms with Crippen molar-refractivity contribution < 1.29 is 4.79 Å². The van der Waals surface area contributed by atoms with Crippen molar-refractivity contribution in [3.05, 3.63) is 63.8 Å². The molecular weight excluding hydrogens is 362 g/mol. The van der Waals surface area contributed by atoms with E-state index in [0.29, 0.717) is 4.96 Å². The molecular formula is C19H19N5O2S. The van der Waals surface area contributed by atoms with Gasteiger partial charge in [-0.2, -0.15) is 0 Å². The predicted molar refractivity (Wildman–Crippen MR) is 105 cm³/mol. The number of aryl methyl sites for hydroxylation is 1. The van der Waals surface area contributed by atoms with E-state index in [1.807, 2.05) is 49.7 Å². The second kappa shape index (κ2) is 6.62. The summed E-state index contributed by atoms with van der Waals surface area (Å²) in [6.45, 7) is 4.02. The minimum atomic E-state index is -0.446. The molecule has 0 aliphatic carbocycles. The van der Waals surface area contributed by atoms with Gasteiger partial charge in [0.1, 0.15) is 11.4 Å². The first kappa shape index (κ1) is 17.4. The SMILES string of the molecule is CC(C)[C@@H](NC(=O)c1cnc2sccn2c1=O)c1nc2ccccc2n1C. The van der Waals surface area contributed by atoms with Gasteiger partial charge in [-0.1, -0.05) is 26.0 Å². The van der Waals surface area contributed by atoms with Crippen molar-refractivity contribution in [1.29, 1.82) is 0 Å². The van der Waals surface area contributed by atoms with E-state index < -0.39 is 5.91 Å². The lowest BCUT2D eigenvalue weighted by Crippen LogP contribution is -2.37. The van der Waals surface area contributed by atoms with Gasteiger partial charge in [0.05, 0.1) is 17.1 Å².